The molecule has 20 heavy (non-hydrogen) atoms. The van der Waals surface area contributed by atoms with Crippen molar-refractivity contribution in [2.75, 3.05) is 6.54 Å². The molecule has 4 heteroatoms. The predicted molar refractivity (Wildman–Crippen MR) is 83.8 cm³/mol. The van der Waals surface area contributed by atoms with Crippen LogP contribution in [0.4, 0.5) is 0 Å². The van der Waals surface area contributed by atoms with E-state index in [1.54, 1.807) is 11.3 Å². The topological polar surface area (TPSA) is 55.1 Å². The summed E-state index contributed by atoms with van der Waals surface area (Å²) in [5.41, 5.74) is 7.43. The van der Waals surface area contributed by atoms with Crippen molar-refractivity contribution in [3.05, 3.63) is 57.8 Å². The standard InChI is InChI=1S/C16H20N2OS/c1-12-8-9-20-15(12)16(2,18-14(19)11-17)10-13-6-4-3-5-7-13/h3-9H,10-11,17H2,1-2H3,(H,18,19). The number of benzene rings is 1. The Kier molecular flexibility index (Phi) is 4.57. The molecule has 3 N–H and O–H groups in total. The van der Waals surface area contributed by atoms with Gasteiger partial charge in [0.2, 0.25) is 5.91 Å². The average molecular weight is 288 g/mol. The van der Waals surface area contributed by atoms with Crippen molar-refractivity contribution in [3.8, 4) is 0 Å². The number of rotatable bonds is 5. The van der Waals surface area contributed by atoms with Crippen LogP contribution in [0.1, 0.15) is 22.9 Å². The van der Waals surface area contributed by atoms with Crippen LogP contribution in [-0.4, -0.2) is 12.5 Å². The third-order valence-corrected chi connectivity index (χ3v) is 4.64. The molecular formula is C16H20N2OS. The van der Waals surface area contributed by atoms with Crippen LogP contribution in [0.15, 0.2) is 41.8 Å². The summed E-state index contributed by atoms with van der Waals surface area (Å²) in [4.78, 5) is 13.0. The molecule has 1 atom stereocenters. The maximum Gasteiger partial charge on any atom is 0.234 e. The highest BCUT2D eigenvalue weighted by molar-refractivity contribution is 7.10. The van der Waals surface area contributed by atoms with Crippen molar-refractivity contribution in [3.63, 3.8) is 0 Å². The monoisotopic (exact) mass is 288 g/mol. The van der Waals surface area contributed by atoms with E-state index in [1.165, 1.54) is 16.0 Å². The minimum atomic E-state index is -0.421. The number of thiophene rings is 1. The fourth-order valence-electron chi connectivity index (χ4n) is 2.48. The quantitative estimate of drug-likeness (QED) is 0.888. The van der Waals surface area contributed by atoms with E-state index in [9.17, 15) is 4.79 Å². The predicted octanol–water partition coefficient (Wildman–Crippen LogP) is 2.59. The number of hydrogen-bond donors (Lipinski definition) is 2. The molecule has 2 aromatic rings. The number of amides is 1. The lowest BCUT2D eigenvalue weighted by atomic mass is 9.89. The van der Waals surface area contributed by atoms with Crippen LogP contribution in [0.5, 0.6) is 0 Å². The third kappa shape index (κ3) is 3.26. The fraction of sp³-hybridized carbons (Fsp3) is 0.312. The largest absolute Gasteiger partial charge is 0.345 e. The van der Waals surface area contributed by atoms with Crippen LogP contribution in [0.25, 0.3) is 0 Å². The highest BCUT2D eigenvalue weighted by Gasteiger charge is 2.31. The second kappa shape index (κ2) is 6.20. The Morgan fingerprint density at radius 1 is 1.30 bits per heavy atom. The zero-order valence-corrected chi connectivity index (χ0v) is 12.7. The van der Waals surface area contributed by atoms with Gasteiger partial charge in [-0.05, 0) is 36.4 Å². The summed E-state index contributed by atoms with van der Waals surface area (Å²) in [6.45, 7) is 4.14. The Labute approximate surface area is 123 Å². The van der Waals surface area contributed by atoms with Crippen molar-refractivity contribution in [1.82, 2.24) is 5.32 Å². The summed E-state index contributed by atoms with van der Waals surface area (Å²) in [5, 5.41) is 5.14. The van der Waals surface area contributed by atoms with Gasteiger partial charge in [-0.3, -0.25) is 4.79 Å². The van der Waals surface area contributed by atoms with Gasteiger partial charge in [0.25, 0.3) is 0 Å². The van der Waals surface area contributed by atoms with Gasteiger partial charge in [-0.15, -0.1) is 11.3 Å². The van der Waals surface area contributed by atoms with Crippen LogP contribution in [0, 0.1) is 6.92 Å². The summed E-state index contributed by atoms with van der Waals surface area (Å²) < 4.78 is 0. The molecule has 0 aliphatic heterocycles. The lowest BCUT2D eigenvalue weighted by Crippen LogP contribution is -2.47. The third-order valence-electron chi connectivity index (χ3n) is 3.36. The highest BCUT2D eigenvalue weighted by Crippen LogP contribution is 2.32. The molecular weight excluding hydrogens is 268 g/mol. The lowest BCUT2D eigenvalue weighted by Gasteiger charge is -2.31. The Bertz CT molecular complexity index is 579. The summed E-state index contributed by atoms with van der Waals surface area (Å²) in [6.07, 6.45) is 0.751. The lowest BCUT2D eigenvalue weighted by molar-refractivity contribution is -0.121. The van der Waals surface area contributed by atoms with E-state index in [0.717, 1.165) is 6.42 Å². The number of carbonyl (C=O) groups is 1. The molecule has 1 heterocycles. The van der Waals surface area contributed by atoms with Gasteiger partial charge in [0.1, 0.15) is 0 Å². The first-order chi connectivity index (χ1) is 9.55. The van der Waals surface area contributed by atoms with Gasteiger partial charge in [-0.1, -0.05) is 30.3 Å². The summed E-state index contributed by atoms with van der Waals surface area (Å²) >= 11 is 1.67. The molecule has 3 nitrogen and oxygen atoms in total. The highest BCUT2D eigenvalue weighted by atomic mass is 32.1. The van der Waals surface area contributed by atoms with Gasteiger partial charge >= 0.3 is 0 Å². The van der Waals surface area contributed by atoms with E-state index < -0.39 is 5.54 Å². The van der Waals surface area contributed by atoms with Crippen LogP contribution in [-0.2, 0) is 16.8 Å². The van der Waals surface area contributed by atoms with E-state index in [4.69, 9.17) is 5.73 Å². The van der Waals surface area contributed by atoms with Crippen molar-refractivity contribution in [1.29, 1.82) is 0 Å². The second-order valence-corrected chi connectivity index (χ2v) is 6.10. The van der Waals surface area contributed by atoms with E-state index in [2.05, 4.69) is 42.7 Å². The number of nitrogens with two attached hydrogens (primary N) is 1. The molecule has 0 saturated heterocycles. The number of carbonyl (C=O) groups excluding carboxylic acids is 1. The molecule has 1 aromatic heterocycles. The summed E-state index contributed by atoms with van der Waals surface area (Å²) in [7, 11) is 0. The van der Waals surface area contributed by atoms with Crippen LogP contribution in [0.3, 0.4) is 0 Å². The summed E-state index contributed by atoms with van der Waals surface area (Å²) in [5.74, 6) is -0.128. The normalized spacial score (nSPS) is 13.8. The molecule has 1 amide bonds. The molecule has 0 aliphatic carbocycles. The molecule has 106 valence electrons. The first-order valence-corrected chi connectivity index (χ1v) is 7.53. The van der Waals surface area contributed by atoms with E-state index in [0.29, 0.717) is 0 Å². The van der Waals surface area contributed by atoms with Crippen molar-refractivity contribution in [2.24, 2.45) is 5.73 Å². The van der Waals surface area contributed by atoms with Gasteiger partial charge in [-0.2, -0.15) is 0 Å². The average Bonchev–Trinajstić information content (AvgIpc) is 2.86. The van der Waals surface area contributed by atoms with Crippen LogP contribution < -0.4 is 11.1 Å². The van der Waals surface area contributed by atoms with Gasteiger partial charge < -0.3 is 11.1 Å². The molecule has 1 unspecified atom stereocenters. The Hall–Kier alpha value is -1.65. The van der Waals surface area contributed by atoms with Gasteiger partial charge in [0.15, 0.2) is 0 Å². The van der Waals surface area contributed by atoms with Crippen LogP contribution >= 0.6 is 11.3 Å². The molecule has 0 fully saturated rings. The maximum atomic E-state index is 11.8. The smallest absolute Gasteiger partial charge is 0.234 e. The van der Waals surface area contributed by atoms with Crippen LogP contribution in [0.2, 0.25) is 0 Å². The zero-order valence-electron chi connectivity index (χ0n) is 11.8. The fourth-order valence-corrected chi connectivity index (χ4v) is 3.53. The first kappa shape index (κ1) is 14.8. The van der Waals surface area contributed by atoms with E-state index in [-0.39, 0.29) is 12.5 Å². The number of nitrogens with one attached hydrogen (secondary N) is 1. The molecule has 2 rings (SSSR count). The number of hydrogen-bond acceptors (Lipinski definition) is 3. The van der Waals surface area contributed by atoms with Crippen molar-refractivity contribution in [2.45, 2.75) is 25.8 Å². The van der Waals surface area contributed by atoms with Crippen molar-refractivity contribution < 1.29 is 4.79 Å². The number of aryl methyl sites for hydroxylation is 1. The molecule has 0 radical (unpaired) electrons. The Balaban J connectivity index is 2.34. The molecule has 0 spiro atoms. The van der Waals surface area contributed by atoms with E-state index in [1.807, 2.05) is 18.2 Å². The van der Waals surface area contributed by atoms with Crippen molar-refractivity contribution >= 4 is 17.2 Å². The van der Waals surface area contributed by atoms with Gasteiger partial charge in [-0.25, -0.2) is 0 Å². The minimum absolute atomic E-state index is 0.00873. The molecule has 0 saturated carbocycles. The Morgan fingerprint density at radius 3 is 2.55 bits per heavy atom. The van der Waals surface area contributed by atoms with E-state index >= 15 is 0 Å². The van der Waals surface area contributed by atoms with Gasteiger partial charge in [0, 0.05) is 11.3 Å². The Morgan fingerprint density at radius 2 is 2.00 bits per heavy atom. The molecule has 0 bridgehead atoms. The van der Waals surface area contributed by atoms with Gasteiger partial charge in [0.05, 0.1) is 12.1 Å². The minimum Gasteiger partial charge on any atom is -0.345 e. The molecule has 1 aromatic carbocycles. The maximum absolute atomic E-state index is 11.8. The SMILES string of the molecule is Cc1ccsc1C(C)(Cc1ccccc1)NC(=O)CN. The first-order valence-electron chi connectivity index (χ1n) is 6.65. The summed E-state index contributed by atoms with van der Waals surface area (Å²) in [6, 6.07) is 12.3. The molecule has 0 aliphatic rings. The zero-order chi connectivity index (χ0) is 14.6. The second-order valence-electron chi connectivity index (χ2n) is 5.18.